The number of carbonyl (C=O) groups excluding carboxylic acids is 4. The van der Waals surface area contributed by atoms with E-state index >= 15 is 0 Å². The number of hydrogen-bond acceptors (Lipinski definition) is 4. The number of amides is 4. The zero-order chi connectivity index (χ0) is 38.5. The van der Waals surface area contributed by atoms with Crippen molar-refractivity contribution in [1.82, 2.24) is 0 Å². The summed E-state index contributed by atoms with van der Waals surface area (Å²) >= 11 is -7.75. The van der Waals surface area contributed by atoms with E-state index in [0.717, 1.165) is 59.1 Å². The SMILES string of the molecule is [CH3][Sn]([CH3])([Hf][Sn]([CH3])([CH3])[CH]1c2ccccc2-c2cc(NC=O)c(NC=O)c(C3=CC=CC3)c21)[CH]1c2ccccc2-c2cc(NC=O)c(NC=O)c(C3=CC=CC3)c21. The first kappa shape index (κ1) is 38.1. The second kappa shape index (κ2) is 15.3. The van der Waals surface area contributed by atoms with Gasteiger partial charge < -0.3 is 0 Å². The molecule has 274 valence electrons. The average molecular weight is 1110 g/mol. The molecule has 4 aliphatic carbocycles. The number of fused-ring (bicyclic) bond motifs is 6. The van der Waals surface area contributed by atoms with Crippen LogP contribution in [-0.4, -0.2) is 53.5 Å². The Morgan fingerprint density at radius 2 is 0.964 bits per heavy atom. The summed E-state index contributed by atoms with van der Waals surface area (Å²) in [5.41, 5.74) is 17.2. The molecule has 8 nitrogen and oxygen atoms in total. The first-order chi connectivity index (χ1) is 26.6. The van der Waals surface area contributed by atoms with Gasteiger partial charge in [-0.25, -0.2) is 0 Å². The third kappa shape index (κ3) is 6.47. The van der Waals surface area contributed by atoms with Crippen molar-refractivity contribution in [2.24, 2.45) is 0 Å². The second-order valence-electron chi connectivity index (χ2n) is 15.6. The maximum atomic E-state index is 12.2. The number of benzene rings is 4. The molecule has 55 heavy (non-hydrogen) atoms. The molecular formula is C44H42HfN4O4Sn2. The van der Waals surface area contributed by atoms with Gasteiger partial charge in [0.1, 0.15) is 0 Å². The van der Waals surface area contributed by atoms with E-state index in [1.807, 2.05) is 0 Å². The van der Waals surface area contributed by atoms with Crippen molar-refractivity contribution in [3.05, 3.63) is 131 Å². The Kier molecular flexibility index (Phi) is 10.6. The summed E-state index contributed by atoms with van der Waals surface area (Å²) in [6, 6.07) is 21.8. The van der Waals surface area contributed by atoms with E-state index in [9.17, 15) is 19.2 Å². The Balaban J connectivity index is 1.33. The van der Waals surface area contributed by atoms with Crippen LogP contribution in [0.2, 0.25) is 19.8 Å². The van der Waals surface area contributed by atoms with Crippen molar-refractivity contribution >= 4 is 87.4 Å². The van der Waals surface area contributed by atoms with Gasteiger partial charge in [0.2, 0.25) is 0 Å². The molecule has 4 N–H and O–H groups in total. The van der Waals surface area contributed by atoms with Gasteiger partial charge in [-0.1, -0.05) is 0 Å². The van der Waals surface area contributed by atoms with Gasteiger partial charge in [-0.05, 0) is 0 Å². The molecule has 0 radical (unpaired) electrons. The monoisotopic (exact) mass is 1110 g/mol. The van der Waals surface area contributed by atoms with E-state index < -0.39 is 42.5 Å². The molecule has 0 bridgehead atoms. The third-order valence-electron chi connectivity index (χ3n) is 11.5. The Morgan fingerprint density at radius 3 is 1.33 bits per heavy atom. The van der Waals surface area contributed by atoms with Crippen LogP contribution in [0.15, 0.2) is 97.1 Å². The molecule has 0 saturated heterocycles. The molecule has 0 fully saturated rings. The molecule has 4 aromatic rings. The molecule has 4 amide bonds. The van der Waals surface area contributed by atoms with Crippen molar-refractivity contribution in [1.29, 1.82) is 0 Å². The van der Waals surface area contributed by atoms with Crippen LogP contribution in [0.4, 0.5) is 22.7 Å². The molecule has 0 saturated carbocycles. The molecule has 2 unspecified atom stereocenters. The Hall–Kier alpha value is -3.81. The van der Waals surface area contributed by atoms with Gasteiger partial charge in [-0.15, -0.1) is 0 Å². The van der Waals surface area contributed by atoms with Gasteiger partial charge in [0.05, 0.1) is 0 Å². The summed E-state index contributed by atoms with van der Waals surface area (Å²) in [6.07, 6.45) is 17.1. The molecule has 0 spiro atoms. The van der Waals surface area contributed by atoms with E-state index in [0.29, 0.717) is 35.6 Å². The summed E-state index contributed by atoms with van der Waals surface area (Å²) < 4.78 is 0.579. The van der Waals surface area contributed by atoms with E-state index in [-0.39, 0.29) is 7.87 Å². The number of allylic oxidation sites excluding steroid dienone is 8. The Bertz CT molecular complexity index is 2270. The molecule has 0 aromatic heterocycles. The quantitative estimate of drug-likeness (QED) is 0.0745. The van der Waals surface area contributed by atoms with Crippen molar-refractivity contribution in [2.45, 2.75) is 40.5 Å². The number of anilines is 4. The van der Waals surface area contributed by atoms with Crippen LogP contribution in [0.3, 0.4) is 0 Å². The van der Waals surface area contributed by atoms with Gasteiger partial charge in [0.15, 0.2) is 0 Å². The average Bonchev–Trinajstić information content (AvgIpc) is 3.98. The zero-order valence-electron chi connectivity index (χ0n) is 31.2. The first-order valence-corrected chi connectivity index (χ1v) is 60.2. The van der Waals surface area contributed by atoms with Crippen LogP contribution in [0, 0.1) is 0 Å². The first-order valence-electron chi connectivity index (χ1n) is 18.6. The van der Waals surface area contributed by atoms with Crippen molar-refractivity contribution < 1.29 is 33.8 Å². The normalized spacial score (nSPS) is 17.3. The molecule has 2 atom stereocenters. The maximum absolute atomic E-state index is 12.2. The second-order valence-corrected chi connectivity index (χ2v) is 147. The standard InChI is InChI=1S/2C20H15N2O2.4CH3.Hf.2Sn/c2*23-11-21-18-10-16-15-8-4-3-7-14(15)9-17(16)19(20(18)22-12-24)13-5-1-2-6-13;;;;;;;/h2*1-5,7-12H,6H2,(H,21,23)(H,22,24);4*1H3;;;. The molecule has 4 aromatic carbocycles. The molecule has 0 aliphatic heterocycles. The van der Waals surface area contributed by atoms with Gasteiger partial charge in [0.25, 0.3) is 0 Å². The van der Waals surface area contributed by atoms with E-state index in [2.05, 4.69) is 138 Å². The van der Waals surface area contributed by atoms with Crippen molar-refractivity contribution in [3.63, 3.8) is 0 Å². The predicted molar refractivity (Wildman–Crippen MR) is 225 cm³/mol. The minimum absolute atomic E-state index is 0.289. The fourth-order valence-electron chi connectivity index (χ4n) is 9.92. The number of nitrogens with one attached hydrogen (secondary N) is 4. The van der Waals surface area contributed by atoms with Crippen LogP contribution in [0.1, 0.15) is 54.1 Å². The fraction of sp³-hybridized carbons (Fsp3) is 0.182. The number of hydrogen-bond donors (Lipinski definition) is 4. The van der Waals surface area contributed by atoms with Crippen LogP contribution in [0.5, 0.6) is 0 Å². The number of rotatable bonds is 14. The molecule has 0 heterocycles. The van der Waals surface area contributed by atoms with E-state index in [4.69, 9.17) is 0 Å². The number of carbonyl (C=O) groups is 4. The summed E-state index contributed by atoms with van der Waals surface area (Å²) in [7, 11) is 0. The van der Waals surface area contributed by atoms with Crippen LogP contribution in [0.25, 0.3) is 33.4 Å². The topological polar surface area (TPSA) is 116 Å². The fourth-order valence-corrected chi connectivity index (χ4v) is 394. The molecule has 4 aliphatic rings. The summed E-state index contributed by atoms with van der Waals surface area (Å²) in [6.45, 7) is 0. The van der Waals surface area contributed by atoms with Crippen LogP contribution >= 0.6 is 0 Å². The van der Waals surface area contributed by atoms with Crippen LogP contribution < -0.4 is 21.3 Å². The summed E-state index contributed by atoms with van der Waals surface area (Å²) in [4.78, 5) is 59.0. The summed E-state index contributed by atoms with van der Waals surface area (Å²) in [5.74, 6) is 0. The van der Waals surface area contributed by atoms with Gasteiger partial charge in [0, 0.05) is 0 Å². The zero-order valence-corrected chi connectivity index (χ0v) is 40.5. The van der Waals surface area contributed by atoms with Gasteiger partial charge in [-0.2, -0.15) is 0 Å². The Labute approximate surface area is 332 Å². The minimum atomic E-state index is -3.15. The van der Waals surface area contributed by atoms with Gasteiger partial charge in [-0.3, -0.25) is 0 Å². The predicted octanol–water partition coefficient (Wildman–Crippen LogP) is 9.14. The Morgan fingerprint density at radius 1 is 0.564 bits per heavy atom. The van der Waals surface area contributed by atoms with Crippen molar-refractivity contribution in [2.75, 3.05) is 21.3 Å². The summed E-state index contributed by atoms with van der Waals surface area (Å²) in [5, 5.41) is 11.9. The molecule has 8 rings (SSSR count). The molecular weight excluding hydrogens is 1060 g/mol. The van der Waals surface area contributed by atoms with Gasteiger partial charge >= 0.3 is 336 Å². The third-order valence-corrected chi connectivity index (χ3v) is 274. The van der Waals surface area contributed by atoms with Crippen molar-refractivity contribution in [3.8, 4) is 22.3 Å². The van der Waals surface area contributed by atoms with E-state index in [1.54, 1.807) is 0 Å². The van der Waals surface area contributed by atoms with E-state index in [1.165, 1.54) is 33.4 Å². The van der Waals surface area contributed by atoms with Crippen LogP contribution in [-0.2, 0) is 33.8 Å². The molecule has 11 heteroatoms.